The number of benzene rings is 1. The lowest BCUT2D eigenvalue weighted by atomic mass is 10.3. The zero-order valence-corrected chi connectivity index (χ0v) is 16.4. The second-order valence-corrected chi connectivity index (χ2v) is 8.16. The van der Waals surface area contributed by atoms with Gasteiger partial charge in [-0.1, -0.05) is 29.4 Å². The Labute approximate surface area is 164 Å². The molecule has 1 aliphatic rings. The molecule has 0 aliphatic carbocycles. The van der Waals surface area contributed by atoms with E-state index in [1.54, 1.807) is 27.9 Å². The number of aromatic nitrogens is 3. The van der Waals surface area contributed by atoms with Gasteiger partial charge in [-0.15, -0.1) is 22.0 Å². The van der Waals surface area contributed by atoms with Crippen molar-refractivity contribution in [3.63, 3.8) is 0 Å². The molecule has 2 aromatic rings. The van der Waals surface area contributed by atoms with Crippen LogP contribution in [0.25, 0.3) is 5.69 Å². The molecular weight excluding hydrogens is 396 g/mol. The Kier molecular flexibility index (Phi) is 6.44. The average Bonchev–Trinajstić information content (AvgIpc) is 3.14. The summed E-state index contributed by atoms with van der Waals surface area (Å²) in [5.41, 5.74) is 0.831. The molecule has 1 saturated heterocycles. The second-order valence-electron chi connectivity index (χ2n) is 5.47. The van der Waals surface area contributed by atoms with E-state index in [1.807, 2.05) is 12.1 Å². The Morgan fingerprint density at radius 3 is 3.08 bits per heavy atom. The summed E-state index contributed by atoms with van der Waals surface area (Å²) in [5, 5.41) is 8.90. The van der Waals surface area contributed by atoms with Gasteiger partial charge in [-0.3, -0.25) is 14.2 Å². The lowest BCUT2D eigenvalue weighted by molar-refractivity contribution is -0.141. The molecule has 0 spiro atoms. The first kappa shape index (κ1) is 19.1. The number of halogens is 1. The number of thioether (sulfide) groups is 2. The molecule has 2 heterocycles. The molecule has 0 N–H and O–H groups in total. The van der Waals surface area contributed by atoms with Crippen LogP contribution in [-0.4, -0.2) is 68.5 Å². The highest BCUT2D eigenvalue weighted by Gasteiger charge is 2.29. The molecule has 3 rings (SSSR count). The van der Waals surface area contributed by atoms with Gasteiger partial charge in [0.2, 0.25) is 5.91 Å². The van der Waals surface area contributed by atoms with E-state index in [-0.39, 0.29) is 22.9 Å². The number of methoxy groups -OCH3 is 1. The van der Waals surface area contributed by atoms with Crippen molar-refractivity contribution in [3.05, 3.63) is 35.6 Å². The van der Waals surface area contributed by atoms with Gasteiger partial charge in [-0.05, 0) is 18.2 Å². The highest BCUT2D eigenvalue weighted by Crippen LogP contribution is 2.24. The normalized spacial score (nSPS) is 17.2. The van der Waals surface area contributed by atoms with E-state index >= 15 is 0 Å². The first-order chi connectivity index (χ1) is 12.6. The molecule has 0 saturated carbocycles. The standard InChI is InChI=1S/C16H17ClN4O3S2/c1-24-15(23)13-8-20(5-6-25-13)14(22)9-26-16-19-18-10-21(16)12-4-2-3-11(17)7-12/h2-4,7,10,13H,5-6,8-9H2,1H3/t13-/m1/s1. The van der Waals surface area contributed by atoms with Gasteiger partial charge in [0.15, 0.2) is 5.16 Å². The molecule has 7 nitrogen and oxygen atoms in total. The molecule has 0 unspecified atom stereocenters. The Morgan fingerprint density at radius 2 is 2.31 bits per heavy atom. The van der Waals surface area contributed by atoms with Crippen LogP contribution in [0.2, 0.25) is 5.02 Å². The summed E-state index contributed by atoms with van der Waals surface area (Å²) in [5.74, 6) is 0.609. The average molecular weight is 413 g/mol. The summed E-state index contributed by atoms with van der Waals surface area (Å²) in [6.45, 7) is 0.996. The zero-order chi connectivity index (χ0) is 18.5. The van der Waals surface area contributed by atoms with Gasteiger partial charge in [0.05, 0.1) is 18.6 Å². The monoisotopic (exact) mass is 412 g/mol. The van der Waals surface area contributed by atoms with Crippen LogP contribution in [0.1, 0.15) is 0 Å². The van der Waals surface area contributed by atoms with Gasteiger partial charge >= 0.3 is 5.97 Å². The third-order valence-corrected chi connectivity index (χ3v) is 6.14. The quantitative estimate of drug-likeness (QED) is 0.549. The van der Waals surface area contributed by atoms with Crippen molar-refractivity contribution in [1.82, 2.24) is 19.7 Å². The van der Waals surface area contributed by atoms with E-state index in [1.165, 1.54) is 30.6 Å². The number of hydrogen-bond acceptors (Lipinski definition) is 7. The lowest BCUT2D eigenvalue weighted by Gasteiger charge is -2.30. The highest BCUT2D eigenvalue weighted by atomic mass is 35.5. The molecule has 26 heavy (non-hydrogen) atoms. The third kappa shape index (κ3) is 4.52. The molecule has 138 valence electrons. The zero-order valence-electron chi connectivity index (χ0n) is 14.0. The van der Waals surface area contributed by atoms with E-state index in [9.17, 15) is 9.59 Å². The number of esters is 1. The smallest absolute Gasteiger partial charge is 0.320 e. The Bertz CT molecular complexity index is 801. The fourth-order valence-corrected chi connectivity index (χ4v) is 4.64. The van der Waals surface area contributed by atoms with Crippen molar-refractivity contribution < 1.29 is 14.3 Å². The Hall–Kier alpha value is -1.71. The number of amides is 1. The fourth-order valence-electron chi connectivity index (χ4n) is 2.49. The largest absolute Gasteiger partial charge is 0.468 e. The van der Waals surface area contributed by atoms with Gasteiger partial charge in [0.1, 0.15) is 11.6 Å². The summed E-state index contributed by atoms with van der Waals surface area (Å²) >= 11 is 8.86. The molecule has 0 bridgehead atoms. The van der Waals surface area contributed by atoms with Gasteiger partial charge in [-0.25, -0.2) is 0 Å². The topological polar surface area (TPSA) is 77.3 Å². The predicted molar refractivity (Wildman–Crippen MR) is 102 cm³/mol. The molecule has 1 aromatic carbocycles. The number of carbonyl (C=O) groups excluding carboxylic acids is 2. The molecule has 1 fully saturated rings. The molecule has 1 aromatic heterocycles. The molecule has 1 aliphatic heterocycles. The second kappa shape index (κ2) is 8.79. The maximum absolute atomic E-state index is 12.5. The summed E-state index contributed by atoms with van der Waals surface area (Å²) in [7, 11) is 1.36. The predicted octanol–water partition coefficient (Wildman–Crippen LogP) is 2.13. The number of rotatable bonds is 5. The van der Waals surface area contributed by atoms with Crippen molar-refractivity contribution in [1.29, 1.82) is 0 Å². The lowest BCUT2D eigenvalue weighted by Crippen LogP contribution is -2.45. The van der Waals surface area contributed by atoms with Crippen LogP contribution in [0.5, 0.6) is 0 Å². The Morgan fingerprint density at radius 1 is 1.46 bits per heavy atom. The fraction of sp³-hybridized carbons (Fsp3) is 0.375. The molecular formula is C16H17ClN4O3S2. The van der Waals surface area contributed by atoms with Crippen LogP contribution in [0, 0.1) is 0 Å². The summed E-state index contributed by atoms with van der Waals surface area (Å²) in [4.78, 5) is 25.9. The molecule has 10 heteroatoms. The first-order valence-corrected chi connectivity index (χ1v) is 10.3. The van der Waals surface area contributed by atoms with Crippen LogP contribution in [-0.2, 0) is 14.3 Å². The molecule has 1 amide bonds. The molecule has 0 radical (unpaired) electrons. The number of carbonyl (C=O) groups is 2. The maximum Gasteiger partial charge on any atom is 0.320 e. The number of hydrogen-bond donors (Lipinski definition) is 0. The van der Waals surface area contributed by atoms with Crippen LogP contribution in [0.15, 0.2) is 35.7 Å². The molecule has 1 atom stereocenters. The SMILES string of the molecule is COC(=O)[C@H]1CN(C(=O)CSc2nncn2-c2cccc(Cl)c2)CCS1. The van der Waals surface area contributed by atoms with E-state index in [0.717, 1.165) is 11.4 Å². The van der Waals surface area contributed by atoms with E-state index < -0.39 is 0 Å². The minimum absolute atomic E-state index is 0.0372. The van der Waals surface area contributed by atoms with Crippen LogP contribution in [0.3, 0.4) is 0 Å². The minimum Gasteiger partial charge on any atom is -0.468 e. The van der Waals surface area contributed by atoms with E-state index in [4.69, 9.17) is 16.3 Å². The van der Waals surface area contributed by atoms with Crippen molar-refractivity contribution in [2.75, 3.05) is 31.7 Å². The van der Waals surface area contributed by atoms with Gasteiger partial charge in [0.25, 0.3) is 0 Å². The first-order valence-electron chi connectivity index (χ1n) is 7.84. The minimum atomic E-state index is -0.321. The third-order valence-electron chi connectivity index (χ3n) is 3.81. The van der Waals surface area contributed by atoms with Gasteiger partial charge < -0.3 is 9.64 Å². The van der Waals surface area contributed by atoms with Crippen molar-refractivity contribution in [2.45, 2.75) is 10.4 Å². The summed E-state index contributed by atoms with van der Waals surface area (Å²) < 4.78 is 6.56. The van der Waals surface area contributed by atoms with Gasteiger partial charge in [0, 0.05) is 23.9 Å². The van der Waals surface area contributed by atoms with E-state index in [2.05, 4.69) is 10.2 Å². The van der Waals surface area contributed by atoms with Crippen molar-refractivity contribution >= 4 is 47.0 Å². The van der Waals surface area contributed by atoms with Crippen LogP contribution in [0.4, 0.5) is 0 Å². The highest BCUT2D eigenvalue weighted by molar-refractivity contribution is 8.00. The van der Waals surface area contributed by atoms with Gasteiger partial charge in [-0.2, -0.15) is 0 Å². The summed E-state index contributed by atoms with van der Waals surface area (Å²) in [6, 6.07) is 7.33. The number of ether oxygens (including phenoxy) is 1. The van der Waals surface area contributed by atoms with Crippen LogP contribution >= 0.6 is 35.1 Å². The van der Waals surface area contributed by atoms with E-state index in [0.29, 0.717) is 23.3 Å². The number of nitrogens with zero attached hydrogens (tertiary/aromatic N) is 4. The Balaban J connectivity index is 1.62. The maximum atomic E-state index is 12.5. The van der Waals surface area contributed by atoms with Crippen molar-refractivity contribution in [2.24, 2.45) is 0 Å². The summed E-state index contributed by atoms with van der Waals surface area (Å²) in [6.07, 6.45) is 1.59. The van der Waals surface area contributed by atoms with Crippen molar-refractivity contribution in [3.8, 4) is 5.69 Å². The van der Waals surface area contributed by atoms with Crippen LogP contribution < -0.4 is 0 Å².